The number of benzene rings is 2. The van der Waals surface area contributed by atoms with Crippen LogP contribution in [0.4, 0.5) is 0 Å². The third-order valence-corrected chi connectivity index (χ3v) is 1.87. The molecule has 2 radical (unpaired) electrons. The zero-order valence-electron chi connectivity index (χ0n) is 8.37. The van der Waals surface area contributed by atoms with E-state index in [1.54, 1.807) is 0 Å². The van der Waals surface area contributed by atoms with Gasteiger partial charge in [0.1, 0.15) is 0 Å². The van der Waals surface area contributed by atoms with Gasteiger partial charge in [-0.2, -0.15) is 5.56 Å². The van der Waals surface area contributed by atoms with Gasteiger partial charge in [-0.15, -0.1) is 30.3 Å². The van der Waals surface area contributed by atoms with Gasteiger partial charge in [0, 0.05) is 52.8 Å². The SMILES string of the molecule is Cc1[c-]ccc(-c2[c-]cccc2)[c-]1.[Ir].[Y]. The Morgan fingerprint density at radius 3 is 2.33 bits per heavy atom. The van der Waals surface area contributed by atoms with Gasteiger partial charge in [0.2, 0.25) is 0 Å². The van der Waals surface area contributed by atoms with Crippen molar-refractivity contribution < 1.29 is 52.8 Å². The summed E-state index contributed by atoms with van der Waals surface area (Å²) in [5.41, 5.74) is 3.20. The normalized spacial score (nSPS) is 8.60. The van der Waals surface area contributed by atoms with E-state index in [-0.39, 0.29) is 52.8 Å². The predicted octanol–water partition coefficient (Wildman–Crippen LogP) is 3.06. The van der Waals surface area contributed by atoms with Crippen molar-refractivity contribution in [3.05, 3.63) is 60.2 Å². The fourth-order valence-electron chi connectivity index (χ4n) is 1.25. The third kappa shape index (κ3) is 4.28. The smallest absolute Gasteiger partial charge is 0 e. The Kier molecular flexibility index (Phi) is 7.56. The number of rotatable bonds is 1. The molecular formula is C13H9IrY-3. The molecule has 15 heavy (non-hydrogen) atoms. The quantitative estimate of drug-likeness (QED) is 0.591. The Morgan fingerprint density at radius 1 is 0.933 bits per heavy atom. The van der Waals surface area contributed by atoms with E-state index in [1.807, 2.05) is 43.3 Å². The van der Waals surface area contributed by atoms with E-state index in [1.165, 1.54) is 0 Å². The summed E-state index contributed by atoms with van der Waals surface area (Å²) in [6, 6.07) is 21.3. The summed E-state index contributed by atoms with van der Waals surface area (Å²) in [7, 11) is 0. The van der Waals surface area contributed by atoms with E-state index < -0.39 is 0 Å². The molecule has 0 saturated carbocycles. The topological polar surface area (TPSA) is 0 Å². The van der Waals surface area contributed by atoms with Crippen molar-refractivity contribution in [2.75, 3.05) is 0 Å². The summed E-state index contributed by atoms with van der Waals surface area (Å²) in [4.78, 5) is 0. The molecule has 0 aliphatic heterocycles. The van der Waals surface area contributed by atoms with Crippen LogP contribution in [0.15, 0.2) is 36.4 Å². The maximum absolute atomic E-state index is 3.24. The number of aryl methyl sites for hydroxylation is 1. The molecule has 2 aromatic carbocycles. The van der Waals surface area contributed by atoms with Crippen LogP contribution in [0.1, 0.15) is 5.56 Å². The third-order valence-electron chi connectivity index (χ3n) is 1.87. The van der Waals surface area contributed by atoms with Crippen LogP contribution < -0.4 is 0 Å². The molecule has 0 unspecified atom stereocenters. The van der Waals surface area contributed by atoms with E-state index in [2.05, 4.69) is 18.2 Å². The van der Waals surface area contributed by atoms with Crippen molar-refractivity contribution in [1.82, 2.24) is 0 Å². The van der Waals surface area contributed by atoms with Crippen LogP contribution in [-0.4, -0.2) is 0 Å². The van der Waals surface area contributed by atoms with Crippen LogP contribution in [-0.2, 0) is 52.8 Å². The van der Waals surface area contributed by atoms with Gasteiger partial charge in [-0.1, -0.05) is 6.92 Å². The first-order chi connectivity index (χ1) is 6.36. The average Bonchev–Trinajstić information content (AvgIpc) is 2.19. The summed E-state index contributed by atoms with van der Waals surface area (Å²) < 4.78 is 0. The Morgan fingerprint density at radius 2 is 1.73 bits per heavy atom. The van der Waals surface area contributed by atoms with E-state index in [0.717, 1.165) is 16.7 Å². The molecule has 76 valence electrons. The minimum atomic E-state index is 0. The fourth-order valence-corrected chi connectivity index (χ4v) is 1.25. The fraction of sp³-hybridized carbons (Fsp3) is 0.0769. The molecule has 0 atom stereocenters. The molecule has 2 aromatic rings. The molecule has 0 spiro atoms. The van der Waals surface area contributed by atoms with Crippen LogP contribution in [0, 0.1) is 25.1 Å². The minimum Gasteiger partial charge on any atom is -0.400 e. The minimum absolute atomic E-state index is 0. The van der Waals surface area contributed by atoms with Crippen LogP contribution >= 0.6 is 0 Å². The molecule has 0 N–H and O–H groups in total. The van der Waals surface area contributed by atoms with Gasteiger partial charge < -0.3 is 35.4 Å². The van der Waals surface area contributed by atoms with Gasteiger partial charge in [-0.25, -0.2) is 0 Å². The molecular weight excluding hydrogens is 437 g/mol. The van der Waals surface area contributed by atoms with Crippen molar-refractivity contribution in [3.63, 3.8) is 0 Å². The maximum atomic E-state index is 3.24. The van der Waals surface area contributed by atoms with Crippen molar-refractivity contribution in [2.24, 2.45) is 0 Å². The van der Waals surface area contributed by atoms with E-state index in [9.17, 15) is 0 Å². The average molecular weight is 446 g/mol. The summed E-state index contributed by atoms with van der Waals surface area (Å²) in [5.74, 6) is 0. The van der Waals surface area contributed by atoms with Crippen LogP contribution in [0.3, 0.4) is 0 Å². The Bertz CT molecular complexity index is 398. The molecule has 0 amide bonds. The monoisotopic (exact) mass is 447 g/mol. The Labute approximate surface area is 130 Å². The second kappa shape index (κ2) is 7.46. The zero-order valence-corrected chi connectivity index (χ0v) is 13.6. The molecule has 0 aromatic heterocycles. The molecule has 0 saturated heterocycles. The molecule has 0 bridgehead atoms. The van der Waals surface area contributed by atoms with Crippen LogP contribution in [0.2, 0.25) is 0 Å². The standard InChI is InChI=1S/C13H9.Ir.Y/c1-11-6-5-9-13(10-11)12-7-3-2-4-8-12;;/h2-5,7,9H,1H3;;/q-3;;. The molecule has 0 heterocycles. The zero-order chi connectivity index (χ0) is 9.10. The van der Waals surface area contributed by atoms with Gasteiger partial charge in [0.15, 0.2) is 0 Å². The summed E-state index contributed by atoms with van der Waals surface area (Å²) in [6.45, 7) is 1.99. The first kappa shape index (κ1) is 15.2. The number of hydrogen-bond acceptors (Lipinski definition) is 0. The second-order valence-corrected chi connectivity index (χ2v) is 2.92. The number of hydrogen-bond donors (Lipinski definition) is 0. The van der Waals surface area contributed by atoms with Crippen molar-refractivity contribution in [3.8, 4) is 11.1 Å². The van der Waals surface area contributed by atoms with E-state index in [0.29, 0.717) is 0 Å². The summed E-state index contributed by atoms with van der Waals surface area (Å²) in [5, 5.41) is 0. The molecule has 0 nitrogen and oxygen atoms in total. The predicted molar refractivity (Wildman–Crippen MR) is 53.1 cm³/mol. The van der Waals surface area contributed by atoms with Crippen molar-refractivity contribution >= 4 is 0 Å². The van der Waals surface area contributed by atoms with Gasteiger partial charge in [0.05, 0.1) is 0 Å². The van der Waals surface area contributed by atoms with Crippen molar-refractivity contribution in [2.45, 2.75) is 6.92 Å². The van der Waals surface area contributed by atoms with Gasteiger partial charge >= 0.3 is 0 Å². The van der Waals surface area contributed by atoms with Gasteiger partial charge in [-0.3, -0.25) is 0 Å². The first-order valence-corrected chi connectivity index (χ1v) is 4.24. The van der Waals surface area contributed by atoms with Crippen LogP contribution in [0.25, 0.3) is 11.1 Å². The first-order valence-electron chi connectivity index (χ1n) is 4.24. The summed E-state index contributed by atoms with van der Waals surface area (Å²) >= 11 is 0. The van der Waals surface area contributed by atoms with Crippen LogP contribution in [0.5, 0.6) is 0 Å². The Balaban J connectivity index is 0.000000980. The molecule has 2 rings (SSSR count). The Hall–Kier alpha value is 0.193. The van der Waals surface area contributed by atoms with Crippen molar-refractivity contribution in [1.29, 1.82) is 0 Å². The van der Waals surface area contributed by atoms with Gasteiger partial charge in [-0.05, 0) is 0 Å². The van der Waals surface area contributed by atoms with Gasteiger partial charge in [0.25, 0.3) is 0 Å². The molecule has 0 aliphatic rings. The molecule has 0 fully saturated rings. The molecule has 0 aliphatic carbocycles. The summed E-state index contributed by atoms with van der Waals surface area (Å²) in [6.07, 6.45) is 0. The van der Waals surface area contributed by atoms with E-state index in [4.69, 9.17) is 0 Å². The maximum Gasteiger partial charge on any atom is 0 e. The second-order valence-electron chi connectivity index (χ2n) is 2.92. The molecule has 2 heteroatoms. The largest absolute Gasteiger partial charge is 0.400 e. The van der Waals surface area contributed by atoms with E-state index >= 15 is 0 Å².